The Kier molecular flexibility index (Phi) is 6.18. The van der Waals surface area contributed by atoms with Gasteiger partial charge in [-0.1, -0.05) is 37.4 Å². The zero-order valence-corrected chi connectivity index (χ0v) is 18.0. The van der Waals surface area contributed by atoms with Gasteiger partial charge in [0.25, 0.3) is 11.7 Å². The molecule has 2 aliphatic rings. The first-order valence-corrected chi connectivity index (χ1v) is 10.7. The number of amides is 1. The van der Waals surface area contributed by atoms with E-state index >= 15 is 0 Å². The number of nitrogens with zero attached hydrogens (tertiary/aromatic N) is 1. The van der Waals surface area contributed by atoms with Gasteiger partial charge in [0.1, 0.15) is 0 Å². The van der Waals surface area contributed by atoms with Gasteiger partial charge in [0, 0.05) is 10.6 Å². The SMILES string of the molecule is CCCCCOc1ccc(CN2C(=O)C3(OCCO3)c3cc(Cl)ccc32)cc1OC. The Hall–Kier alpha value is -2.28. The van der Waals surface area contributed by atoms with Crippen molar-refractivity contribution in [2.75, 3.05) is 31.8 Å². The van der Waals surface area contributed by atoms with Crippen LogP contribution < -0.4 is 14.4 Å². The van der Waals surface area contributed by atoms with Crippen molar-refractivity contribution < 1.29 is 23.7 Å². The number of unbranched alkanes of at least 4 members (excludes halogenated alkanes) is 2. The zero-order valence-electron chi connectivity index (χ0n) is 17.3. The highest BCUT2D eigenvalue weighted by atomic mass is 35.5. The van der Waals surface area contributed by atoms with Crippen LogP contribution in [0.1, 0.15) is 37.3 Å². The number of halogens is 1. The number of anilines is 1. The van der Waals surface area contributed by atoms with E-state index in [-0.39, 0.29) is 5.91 Å². The highest BCUT2D eigenvalue weighted by Gasteiger charge is 2.56. The van der Waals surface area contributed by atoms with Gasteiger partial charge in [-0.3, -0.25) is 4.79 Å². The molecule has 160 valence electrons. The first-order valence-electron chi connectivity index (χ1n) is 10.3. The van der Waals surface area contributed by atoms with E-state index in [1.165, 1.54) is 0 Å². The number of hydrogen-bond donors (Lipinski definition) is 0. The fourth-order valence-electron chi connectivity index (χ4n) is 3.90. The van der Waals surface area contributed by atoms with E-state index in [0.717, 1.165) is 30.5 Å². The molecule has 2 aliphatic heterocycles. The molecule has 1 fully saturated rings. The lowest BCUT2D eigenvalue weighted by molar-refractivity contribution is -0.180. The second-order valence-electron chi connectivity index (χ2n) is 7.41. The van der Waals surface area contributed by atoms with Crippen LogP contribution >= 0.6 is 11.6 Å². The fourth-order valence-corrected chi connectivity index (χ4v) is 4.08. The highest BCUT2D eigenvalue weighted by Crippen LogP contribution is 2.47. The van der Waals surface area contributed by atoms with Crippen LogP contribution in [0.25, 0.3) is 0 Å². The number of rotatable bonds is 8. The van der Waals surface area contributed by atoms with E-state index in [4.69, 9.17) is 30.5 Å². The smallest absolute Gasteiger partial charge is 0.292 e. The Morgan fingerprint density at radius 1 is 1.10 bits per heavy atom. The Balaban J connectivity index is 1.58. The molecule has 1 spiro atoms. The lowest BCUT2D eigenvalue weighted by atomic mass is 10.1. The molecular formula is C23H26ClNO5. The molecule has 0 radical (unpaired) electrons. The third-order valence-corrected chi connectivity index (χ3v) is 5.63. The molecule has 30 heavy (non-hydrogen) atoms. The zero-order chi connectivity index (χ0) is 21.1. The van der Waals surface area contributed by atoms with E-state index in [9.17, 15) is 4.79 Å². The Labute approximate surface area is 181 Å². The van der Waals surface area contributed by atoms with Gasteiger partial charge in [-0.05, 0) is 42.3 Å². The predicted octanol–water partition coefficient (Wildman–Crippen LogP) is 4.66. The van der Waals surface area contributed by atoms with Crippen molar-refractivity contribution in [2.24, 2.45) is 0 Å². The summed E-state index contributed by atoms with van der Waals surface area (Å²) in [6, 6.07) is 11.1. The van der Waals surface area contributed by atoms with Gasteiger partial charge in [-0.2, -0.15) is 0 Å². The Morgan fingerprint density at radius 2 is 1.90 bits per heavy atom. The number of hydrogen-bond acceptors (Lipinski definition) is 5. The van der Waals surface area contributed by atoms with Crippen LogP contribution in [0.5, 0.6) is 11.5 Å². The van der Waals surface area contributed by atoms with Gasteiger partial charge in [-0.15, -0.1) is 0 Å². The van der Waals surface area contributed by atoms with Gasteiger partial charge in [0.2, 0.25) is 0 Å². The molecule has 2 heterocycles. The maximum absolute atomic E-state index is 13.3. The van der Waals surface area contributed by atoms with Crippen molar-refractivity contribution in [2.45, 2.75) is 38.5 Å². The normalized spacial score (nSPS) is 16.9. The molecule has 4 rings (SSSR count). The van der Waals surface area contributed by atoms with Gasteiger partial charge >= 0.3 is 0 Å². The van der Waals surface area contributed by atoms with Crippen LogP contribution in [0.4, 0.5) is 5.69 Å². The second kappa shape index (κ2) is 8.84. The molecule has 0 aliphatic carbocycles. The van der Waals surface area contributed by atoms with E-state index in [1.54, 1.807) is 24.1 Å². The van der Waals surface area contributed by atoms with Crippen molar-refractivity contribution in [1.82, 2.24) is 0 Å². The Bertz CT molecular complexity index is 926. The standard InChI is InChI=1S/C23H26ClNO5/c1-3-4-5-10-28-20-9-6-16(13-21(20)27-2)15-25-19-8-7-17(24)14-18(19)23(22(25)26)29-11-12-30-23/h6-9,13-14H,3-5,10-12,15H2,1-2H3. The van der Waals surface area contributed by atoms with Crippen molar-refractivity contribution in [1.29, 1.82) is 0 Å². The molecule has 7 heteroatoms. The fraction of sp³-hybridized carbons (Fsp3) is 0.435. The summed E-state index contributed by atoms with van der Waals surface area (Å²) in [7, 11) is 1.62. The summed E-state index contributed by atoms with van der Waals surface area (Å²) in [5.74, 6) is -0.283. The van der Waals surface area contributed by atoms with E-state index in [2.05, 4.69) is 6.92 Å². The number of carbonyl (C=O) groups is 1. The monoisotopic (exact) mass is 431 g/mol. The molecule has 1 amide bonds. The van der Waals surface area contributed by atoms with Crippen LogP contribution in [-0.2, 0) is 26.6 Å². The van der Waals surface area contributed by atoms with Crippen molar-refractivity contribution in [3.8, 4) is 11.5 Å². The molecule has 6 nitrogen and oxygen atoms in total. The summed E-state index contributed by atoms with van der Waals surface area (Å²) in [4.78, 5) is 15.0. The minimum Gasteiger partial charge on any atom is -0.493 e. The van der Waals surface area contributed by atoms with Gasteiger partial charge in [0.05, 0.1) is 39.2 Å². The van der Waals surface area contributed by atoms with Crippen LogP contribution in [0.2, 0.25) is 5.02 Å². The van der Waals surface area contributed by atoms with E-state index < -0.39 is 5.79 Å². The average molecular weight is 432 g/mol. The lowest BCUT2D eigenvalue weighted by Crippen LogP contribution is -2.40. The summed E-state index contributed by atoms with van der Waals surface area (Å²) < 4.78 is 22.9. The highest BCUT2D eigenvalue weighted by molar-refractivity contribution is 6.31. The molecule has 2 aromatic carbocycles. The van der Waals surface area contributed by atoms with Gasteiger partial charge in [0.15, 0.2) is 11.5 Å². The minimum absolute atomic E-state index is 0.240. The van der Waals surface area contributed by atoms with Crippen LogP contribution in [0.15, 0.2) is 36.4 Å². The molecule has 0 aromatic heterocycles. The Morgan fingerprint density at radius 3 is 2.63 bits per heavy atom. The molecule has 2 aromatic rings. The summed E-state index contributed by atoms with van der Waals surface area (Å²) in [6.07, 6.45) is 3.28. The van der Waals surface area contributed by atoms with Crippen molar-refractivity contribution >= 4 is 23.2 Å². The van der Waals surface area contributed by atoms with Crippen molar-refractivity contribution in [3.05, 3.63) is 52.5 Å². The number of ether oxygens (including phenoxy) is 4. The molecule has 0 atom stereocenters. The molecule has 0 unspecified atom stereocenters. The maximum atomic E-state index is 13.3. The lowest BCUT2D eigenvalue weighted by Gasteiger charge is -2.22. The van der Waals surface area contributed by atoms with E-state index in [0.29, 0.717) is 48.5 Å². The minimum atomic E-state index is -1.40. The molecule has 0 N–H and O–H groups in total. The first kappa shape index (κ1) is 21.0. The van der Waals surface area contributed by atoms with Crippen molar-refractivity contribution in [3.63, 3.8) is 0 Å². The quantitative estimate of drug-likeness (QED) is 0.569. The number of carbonyl (C=O) groups excluding carboxylic acids is 1. The molecule has 0 bridgehead atoms. The van der Waals surface area contributed by atoms with Crippen LogP contribution in [0.3, 0.4) is 0 Å². The van der Waals surface area contributed by atoms with Gasteiger partial charge < -0.3 is 23.8 Å². The second-order valence-corrected chi connectivity index (χ2v) is 7.84. The summed E-state index contributed by atoms with van der Waals surface area (Å²) in [5.41, 5.74) is 2.31. The number of benzene rings is 2. The number of fused-ring (bicyclic) bond motifs is 2. The molecular weight excluding hydrogens is 406 g/mol. The third-order valence-electron chi connectivity index (χ3n) is 5.40. The molecule has 0 saturated carbocycles. The largest absolute Gasteiger partial charge is 0.493 e. The predicted molar refractivity (Wildman–Crippen MR) is 114 cm³/mol. The van der Waals surface area contributed by atoms with Crippen LogP contribution in [0, 0.1) is 0 Å². The van der Waals surface area contributed by atoms with E-state index in [1.807, 2.05) is 24.3 Å². The maximum Gasteiger partial charge on any atom is 0.292 e. The summed E-state index contributed by atoms with van der Waals surface area (Å²) in [5, 5.41) is 0.535. The topological polar surface area (TPSA) is 57.2 Å². The summed E-state index contributed by atoms with van der Waals surface area (Å²) >= 11 is 6.19. The van der Waals surface area contributed by atoms with Gasteiger partial charge in [-0.25, -0.2) is 0 Å². The average Bonchev–Trinajstić information content (AvgIpc) is 3.33. The number of methoxy groups -OCH3 is 1. The first-order chi connectivity index (χ1) is 14.6. The molecule has 1 saturated heterocycles. The summed E-state index contributed by atoms with van der Waals surface area (Å²) in [6.45, 7) is 3.90. The third kappa shape index (κ3) is 3.75. The van der Waals surface area contributed by atoms with Crippen LogP contribution in [-0.4, -0.2) is 32.8 Å².